The largest absolute Gasteiger partial charge is 0.476 e. The number of aliphatic hydroxyl groups excluding tert-OH is 1. The molecular weight excluding hydrogens is 236 g/mol. The van der Waals surface area contributed by atoms with E-state index in [-0.39, 0.29) is 12.3 Å². The molecular formula is C12H16N2O4. The van der Waals surface area contributed by atoms with E-state index in [1.807, 2.05) is 4.57 Å². The van der Waals surface area contributed by atoms with E-state index in [9.17, 15) is 15.0 Å². The third-order valence-corrected chi connectivity index (χ3v) is 3.85. The van der Waals surface area contributed by atoms with Crippen molar-refractivity contribution in [3.05, 3.63) is 17.2 Å². The van der Waals surface area contributed by atoms with Gasteiger partial charge in [-0.25, -0.2) is 9.78 Å². The van der Waals surface area contributed by atoms with Gasteiger partial charge < -0.3 is 19.5 Å². The van der Waals surface area contributed by atoms with Crippen LogP contribution in [0.3, 0.4) is 0 Å². The summed E-state index contributed by atoms with van der Waals surface area (Å²) in [6.45, 7) is 1.56. The molecule has 0 amide bonds. The van der Waals surface area contributed by atoms with Gasteiger partial charge in [-0.1, -0.05) is 0 Å². The van der Waals surface area contributed by atoms with Gasteiger partial charge >= 0.3 is 5.97 Å². The Morgan fingerprint density at radius 1 is 1.44 bits per heavy atom. The van der Waals surface area contributed by atoms with E-state index in [0.717, 1.165) is 31.5 Å². The van der Waals surface area contributed by atoms with Gasteiger partial charge in [-0.15, -0.1) is 0 Å². The van der Waals surface area contributed by atoms with Gasteiger partial charge in [0.15, 0.2) is 5.69 Å². The number of hydrogen-bond acceptors (Lipinski definition) is 4. The maximum absolute atomic E-state index is 11.2. The number of imidazole rings is 1. The van der Waals surface area contributed by atoms with E-state index < -0.39 is 11.4 Å². The van der Waals surface area contributed by atoms with Gasteiger partial charge in [-0.3, -0.25) is 0 Å². The number of aromatic nitrogens is 2. The van der Waals surface area contributed by atoms with Crippen molar-refractivity contribution in [3.63, 3.8) is 0 Å². The molecule has 6 nitrogen and oxygen atoms in total. The molecule has 0 unspecified atom stereocenters. The number of rotatable bonds is 3. The first-order chi connectivity index (χ1) is 8.68. The monoisotopic (exact) mass is 252 g/mol. The molecule has 2 aliphatic rings. The van der Waals surface area contributed by atoms with Crippen molar-refractivity contribution in [2.24, 2.45) is 0 Å². The summed E-state index contributed by atoms with van der Waals surface area (Å²) in [4.78, 5) is 15.5. The average molecular weight is 252 g/mol. The number of carbonyl (C=O) groups is 1. The SMILES string of the molecule is O=C(O)c1nc(C2(CO)COC2)n2c1CCCC2. The molecule has 6 heteroatoms. The van der Waals surface area contributed by atoms with Crippen LogP contribution in [0.2, 0.25) is 0 Å². The number of hydrogen-bond donors (Lipinski definition) is 2. The van der Waals surface area contributed by atoms with Crippen LogP contribution in [0, 0.1) is 0 Å². The van der Waals surface area contributed by atoms with Crippen LogP contribution in [-0.2, 0) is 23.1 Å². The minimum Gasteiger partial charge on any atom is -0.476 e. The topological polar surface area (TPSA) is 84.6 Å². The van der Waals surface area contributed by atoms with Crippen LogP contribution in [0.4, 0.5) is 0 Å². The Labute approximate surface area is 104 Å². The first-order valence-corrected chi connectivity index (χ1v) is 6.20. The van der Waals surface area contributed by atoms with Crippen molar-refractivity contribution >= 4 is 5.97 Å². The second kappa shape index (κ2) is 4.07. The first kappa shape index (κ1) is 11.7. The lowest BCUT2D eigenvalue weighted by molar-refractivity contribution is -0.0901. The van der Waals surface area contributed by atoms with Gasteiger partial charge in [0.2, 0.25) is 0 Å². The molecule has 0 saturated carbocycles. The molecule has 3 rings (SSSR count). The molecule has 98 valence electrons. The van der Waals surface area contributed by atoms with Crippen molar-refractivity contribution < 1.29 is 19.7 Å². The zero-order valence-electron chi connectivity index (χ0n) is 10.1. The molecule has 1 fully saturated rings. The minimum atomic E-state index is -0.986. The predicted octanol–water partition coefficient (Wildman–Crippen LogP) is 0.178. The smallest absolute Gasteiger partial charge is 0.356 e. The van der Waals surface area contributed by atoms with Crippen molar-refractivity contribution in [2.75, 3.05) is 19.8 Å². The lowest BCUT2D eigenvalue weighted by Gasteiger charge is -2.39. The van der Waals surface area contributed by atoms with E-state index in [0.29, 0.717) is 19.0 Å². The molecule has 0 atom stereocenters. The predicted molar refractivity (Wildman–Crippen MR) is 61.7 cm³/mol. The fraction of sp³-hybridized carbons (Fsp3) is 0.667. The Morgan fingerprint density at radius 3 is 2.78 bits per heavy atom. The van der Waals surface area contributed by atoms with Gasteiger partial charge in [0.25, 0.3) is 0 Å². The molecule has 0 aliphatic carbocycles. The highest BCUT2D eigenvalue weighted by Gasteiger charge is 2.45. The summed E-state index contributed by atoms with van der Waals surface area (Å²) < 4.78 is 7.16. The average Bonchev–Trinajstić information content (AvgIpc) is 2.69. The third-order valence-electron chi connectivity index (χ3n) is 3.85. The lowest BCUT2D eigenvalue weighted by Crippen LogP contribution is -2.51. The van der Waals surface area contributed by atoms with Crippen molar-refractivity contribution in [3.8, 4) is 0 Å². The Kier molecular flexibility index (Phi) is 2.64. The van der Waals surface area contributed by atoms with E-state index in [2.05, 4.69) is 4.98 Å². The van der Waals surface area contributed by atoms with E-state index in [4.69, 9.17) is 4.74 Å². The van der Waals surface area contributed by atoms with Gasteiger partial charge in [-0.05, 0) is 19.3 Å². The molecule has 18 heavy (non-hydrogen) atoms. The number of carboxylic acids is 1. The summed E-state index contributed by atoms with van der Waals surface area (Å²) in [6, 6.07) is 0. The van der Waals surface area contributed by atoms with Crippen molar-refractivity contribution in [1.82, 2.24) is 9.55 Å². The number of carboxylic acid groups (broad SMARTS) is 1. The van der Waals surface area contributed by atoms with E-state index >= 15 is 0 Å². The maximum atomic E-state index is 11.2. The van der Waals surface area contributed by atoms with Crippen LogP contribution in [0.5, 0.6) is 0 Å². The van der Waals surface area contributed by atoms with Crippen LogP contribution in [0.1, 0.15) is 34.8 Å². The minimum absolute atomic E-state index is 0.0531. The summed E-state index contributed by atoms with van der Waals surface area (Å²) in [5.41, 5.74) is 0.438. The molecule has 2 aliphatic heterocycles. The standard InChI is InChI=1S/C12H16N2O4/c15-5-12(6-18-7-12)11-13-9(10(16)17)8-3-1-2-4-14(8)11/h15H,1-7H2,(H,16,17). The van der Waals surface area contributed by atoms with Gasteiger partial charge in [0, 0.05) is 6.54 Å². The summed E-state index contributed by atoms with van der Waals surface area (Å²) >= 11 is 0. The highest BCUT2D eigenvalue weighted by molar-refractivity contribution is 5.87. The summed E-state index contributed by atoms with van der Waals surface area (Å²) in [6.07, 6.45) is 2.77. The van der Waals surface area contributed by atoms with Crippen LogP contribution in [-0.4, -0.2) is 45.6 Å². The molecule has 0 spiro atoms. The molecule has 3 heterocycles. The Bertz CT molecular complexity index is 485. The second-order valence-electron chi connectivity index (χ2n) is 5.08. The van der Waals surface area contributed by atoms with Crippen LogP contribution in [0.25, 0.3) is 0 Å². The Hall–Kier alpha value is -1.40. The Morgan fingerprint density at radius 2 is 2.22 bits per heavy atom. The number of nitrogens with zero attached hydrogens (tertiary/aromatic N) is 2. The quantitative estimate of drug-likeness (QED) is 0.801. The number of fused-ring (bicyclic) bond motifs is 1. The van der Waals surface area contributed by atoms with E-state index in [1.54, 1.807) is 0 Å². The zero-order valence-corrected chi connectivity index (χ0v) is 10.1. The normalized spacial score (nSPS) is 21.2. The second-order valence-corrected chi connectivity index (χ2v) is 5.08. The summed E-state index contributed by atoms with van der Waals surface area (Å²) in [7, 11) is 0. The molecule has 1 aromatic heterocycles. The highest BCUT2D eigenvalue weighted by atomic mass is 16.5. The molecule has 1 saturated heterocycles. The van der Waals surface area contributed by atoms with Gasteiger partial charge in [-0.2, -0.15) is 0 Å². The summed E-state index contributed by atoms with van der Waals surface area (Å²) in [5.74, 6) is -0.302. The van der Waals surface area contributed by atoms with Crippen molar-refractivity contribution in [1.29, 1.82) is 0 Å². The Balaban J connectivity index is 2.12. The van der Waals surface area contributed by atoms with E-state index in [1.165, 1.54) is 0 Å². The van der Waals surface area contributed by atoms with Crippen LogP contribution >= 0.6 is 0 Å². The molecule has 0 aromatic carbocycles. The number of aromatic carboxylic acids is 1. The molecule has 2 N–H and O–H groups in total. The van der Waals surface area contributed by atoms with Gasteiger partial charge in [0.05, 0.1) is 30.9 Å². The lowest BCUT2D eigenvalue weighted by atomic mass is 9.85. The van der Waals surface area contributed by atoms with Gasteiger partial charge in [0.1, 0.15) is 5.82 Å². The van der Waals surface area contributed by atoms with Crippen molar-refractivity contribution in [2.45, 2.75) is 31.2 Å². The fourth-order valence-corrected chi connectivity index (χ4v) is 2.76. The molecule has 0 radical (unpaired) electrons. The summed E-state index contributed by atoms with van der Waals surface area (Å²) in [5, 5.41) is 18.8. The third kappa shape index (κ3) is 1.49. The molecule has 0 bridgehead atoms. The number of ether oxygens (including phenoxy) is 1. The first-order valence-electron chi connectivity index (χ1n) is 6.20. The highest BCUT2D eigenvalue weighted by Crippen LogP contribution is 2.34. The molecule has 1 aromatic rings. The fourth-order valence-electron chi connectivity index (χ4n) is 2.76. The zero-order chi connectivity index (χ0) is 12.8. The van der Waals surface area contributed by atoms with Crippen LogP contribution in [0.15, 0.2) is 0 Å². The number of aliphatic hydroxyl groups is 1. The van der Waals surface area contributed by atoms with Crippen LogP contribution < -0.4 is 0 Å². The maximum Gasteiger partial charge on any atom is 0.356 e.